The number of rotatable bonds is 6. The molecule has 13 heteroatoms. The number of piperidine rings is 1. The second-order valence-corrected chi connectivity index (χ2v) is 8.12. The topological polar surface area (TPSA) is 100 Å². The number of fused-ring (bicyclic) bond motifs is 1. The van der Waals surface area contributed by atoms with E-state index in [1.54, 1.807) is 23.8 Å². The molecule has 1 saturated heterocycles. The van der Waals surface area contributed by atoms with Crippen molar-refractivity contribution in [2.24, 2.45) is 12.8 Å². The van der Waals surface area contributed by atoms with E-state index in [1.165, 1.54) is 9.47 Å². The van der Waals surface area contributed by atoms with Gasteiger partial charge >= 0.3 is 12.1 Å². The Kier molecular flexibility index (Phi) is 7.62. The van der Waals surface area contributed by atoms with Crippen molar-refractivity contribution in [2.45, 2.75) is 52.1 Å². The third kappa shape index (κ3) is 4.78. The van der Waals surface area contributed by atoms with Gasteiger partial charge in [-0.25, -0.2) is 4.79 Å². The third-order valence-electron chi connectivity index (χ3n) is 5.91. The summed E-state index contributed by atoms with van der Waals surface area (Å²) in [5.41, 5.74) is 5.66. The Morgan fingerprint density at radius 2 is 2.00 bits per heavy atom. The molecular formula is C21H30F3N7O3. The van der Waals surface area contributed by atoms with Gasteiger partial charge in [-0.15, -0.1) is 11.0 Å². The summed E-state index contributed by atoms with van der Waals surface area (Å²) in [6.45, 7) is 7.19. The molecule has 0 spiro atoms. The maximum Gasteiger partial charge on any atom is 0.493 e. The summed E-state index contributed by atoms with van der Waals surface area (Å²) in [5, 5.41) is 0.787. The van der Waals surface area contributed by atoms with Crippen LogP contribution in [0.15, 0.2) is 4.79 Å². The first-order chi connectivity index (χ1) is 16.0. The number of hydrogen-bond donors (Lipinski definition) is 1. The van der Waals surface area contributed by atoms with Gasteiger partial charge in [0.25, 0.3) is 5.56 Å². The molecule has 34 heavy (non-hydrogen) atoms. The Balaban J connectivity index is 2.22. The molecule has 0 aliphatic carbocycles. The van der Waals surface area contributed by atoms with Crippen LogP contribution in [-0.2, 0) is 16.7 Å². The second kappa shape index (κ2) is 10.1. The highest BCUT2D eigenvalue weighted by molar-refractivity contribution is 5.80. The molecule has 188 valence electrons. The minimum Gasteiger partial charge on any atom is -0.343 e. The molecule has 1 aromatic heterocycles. The highest BCUT2D eigenvalue weighted by Gasteiger charge is 2.50. The molecule has 0 saturated carbocycles. The monoisotopic (exact) mass is 485 g/mol. The van der Waals surface area contributed by atoms with Crippen molar-refractivity contribution >= 4 is 23.4 Å². The Morgan fingerprint density at radius 3 is 2.56 bits per heavy atom. The van der Waals surface area contributed by atoms with Gasteiger partial charge in [0.05, 0.1) is 6.54 Å². The fraction of sp³-hybridized carbons (Fsp3) is 0.667. The minimum atomic E-state index is -5.24. The lowest BCUT2D eigenvalue weighted by Gasteiger charge is -2.41. The van der Waals surface area contributed by atoms with Crippen LogP contribution in [0.4, 0.5) is 30.6 Å². The van der Waals surface area contributed by atoms with E-state index in [-0.39, 0.29) is 30.0 Å². The van der Waals surface area contributed by atoms with Crippen molar-refractivity contribution in [2.75, 3.05) is 47.6 Å². The van der Waals surface area contributed by atoms with Crippen LogP contribution in [0.3, 0.4) is 0 Å². The molecule has 2 N–H and O–H groups in total. The first kappa shape index (κ1) is 25.6. The number of hydrogen-bond acceptors (Lipinski definition) is 9. The molecule has 0 aromatic carbocycles. The van der Waals surface area contributed by atoms with Gasteiger partial charge in [0, 0.05) is 39.3 Å². The summed E-state index contributed by atoms with van der Waals surface area (Å²) in [6, 6.07) is -0.223. The highest BCUT2D eigenvalue weighted by atomic mass is 19.4. The standard InChI is InChI=1S/C21H30F3N7O3/c1-5-8-12-30-15-16(26-19(27(4)17(15)32)28(6-2)7-3)31(34-18(33)21(22,23)24)20(30)29-11-9-10-14(25)13-29/h14,20H,6-7,9-13,25H2,1-4H3. The van der Waals surface area contributed by atoms with Gasteiger partial charge in [-0.05, 0) is 33.6 Å². The van der Waals surface area contributed by atoms with Crippen LogP contribution < -0.4 is 26.2 Å². The lowest BCUT2D eigenvalue weighted by atomic mass is 10.1. The summed E-state index contributed by atoms with van der Waals surface area (Å²) in [5.74, 6) is 3.29. The zero-order valence-electron chi connectivity index (χ0n) is 19.7. The maximum atomic E-state index is 13.5. The third-order valence-corrected chi connectivity index (χ3v) is 5.91. The number of nitrogens with two attached hydrogens (primary N) is 1. The SMILES string of the molecule is CC#CCN1c2c(nc(N(CC)CC)n(C)c2=O)N(OC(=O)C(F)(F)F)C1N1CCCC(N)C1. The smallest absolute Gasteiger partial charge is 0.343 e. The molecule has 0 bridgehead atoms. The highest BCUT2D eigenvalue weighted by Crippen LogP contribution is 2.39. The van der Waals surface area contributed by atoms with Gasteiger partial charge < -0.3 is 20.4 Å². The van der Waals surface area contributed by atoms with Crippen molar-refractivity contribution in [3.05, 3.63) is 10.4 Å². The quantitative estimate of drug-likeness (QED) is 0.592. The van der Waals surface area contributed by atoms with Crippen LogP contribution in [0, 0.1) is 11.8 Å². The van der Waals surface area contributed by atoms with Gasteiger partial charge in [-0.3, -0.25) is 14.3 Å². The molecule has 2 atom stereocenters. The van der Waals surface area contributed by atoms with Crippen LogP contribution in [0.1, 0.15) is 33.6 Å². The van der Waals surface area contributed by atoms with Crippen molar-refractivity contribution in [1.29, 1.82) is 0 Å². The lowest BCUT2D eigenvalue weighted by Crippen LogP contribution is -2.60. The van der Waals surface area contributed by atoms with E-state index in [1.807, 2.05) is 13.8 Å². The predicted molar refractivity (Wildman–Crippen MR) is 121 cm³/mol. The number of likely N-dealkylation sites (tertiary alicyclic amines) is 1. The number of nitrogens with zero attached hydrogens (tertiary/aromatic N) is 6. The number of carbonyl (C=O) groups excluding carboxylic acids is 1. The number of halogens is 3. The zero-order valence-corrected chi connectivity index (χ0v) is 19.7. The van der Waals surface area contributed by atoms with Gasteiger partial charge in [0.2, 0.25) is 11.8 Å². The van der Waals surface area contributed by atoms with E-state index in [0.29, 0.717) is 32.6 Å². The summed E-state index contributed by atoms with van der Waals surface area (Å²) in [6.07, 6.45) is -4.85. The molecule has 3 rings (SSSR count). The lowest BCUT2D eigenvalue weighted by molar-refractivity contribution is -0.203. The van der Waals surface area contributed by atoms with Gasteiger partial charge in [0.15, 0.2) is 12.0 Å². The van der Waals surface area contributed by atoms with Crippen LogP contribution >= 0.6 is 0 Å². The first-order valence-corrected chi connectivity index (χ1v) is 11.1. The normalized spacial score (nSPS) is 20.6. The fourth-order valence-electron chi connectivity index (χ4n) is 4.27. The maximum absolute atomic E-state index is 13.5. The molecule has 3 heterocycles. The summed E-state index contributed by atoms with van der Waals surface area (Å²) in [4.78, 5) is 39.9. The average molecular weight is 486 g/mol. The molecule has 1 aromatic rings. The molecule has 10 nitrogen and oxygen atoms in total. The van der Waals surface area contributed by atoms with E-state index in [4.69, 9.17) is 10.6 Å². The minimum absolute atomic E-state index is 0.0141. The Morgan fingerprint density at radius 1 is 1.32 bits per heavy atom. The van der Waals surface area contributed by atoms with E-state index >= 15 is 0 Å². The van der Waals surface area contributed by atoms with Gasteiger partial charge in [0.1, 0.15) is 0 Å². The zero-order chi connectivity index (χ0) is 25.2. The van der Waals surface area contributed by atoms with Gasteiger partial charge in [-0.1, -0.05) is 5.92 Å². The second-order valence-electron chi connectivity index (χ2n) is 8.12. The van der Waals surface area contributed by atoms with Gasteiger partial charge in [-0.2, -0.15) is 18.2 Å². The van der Waals surface area contributed by atoms with Crippen LogP contribution in [-0.4, -0.2) is 71.7 Å². The molecule has 0 amide bonds. The first-order valence-electron chi connectivity index (χ1n) is 11.1. The van der Waals surface area contributed by atoms with Crippen molar-refractivity contribution < 1.29 is 22.8 Å². The number of aromatic nitrogens is 2. The van der Waals surface area contributed by atoms with Crippen LogP contribution in [0.2, 0.25) is 0 Å². The molecule has 2 aliphatic heterocycles. The number of alkyl halides is 3. The van der Waals surface area contributed by atoms with Crippen molar-refractivity contribution in [1.82, 2.24) is 14.5 Å². The van der Waals surface area contributed by atoms with E-state index < -0.39 is 24.0 Å². The summed E-state index contributed by atoms with van der Waals surface area (Å²) >= 11 is 0. The molecule has 2 aliphatic rings. The number of carbonyl (C=O) groups is 1. The van der Waals surface area contributed by atoms with Crippen LogP contribution in [0.5, 0.6) is 0 Å². The predicted octanol–water partition coefficient (Wildman–Crippen LogP) is 1.00. The summed E-state index contributed by atoms with van der Waals surface area (Å²) < 4.78 is 41.0. The fourth-order valence-corrected chi connectivity index (χ4v) is 4.27. The number of anilines is 3. The largest absolute Gasteiger partial charge is 0.493 e. The Hall–Kier alpha value is -2.98. The molecule has 0 radical (unpaired) electrons. The van der Waals surface area contributed by atoms with Crippen molar-refractivity contribution in [3.63, 3.8) is 0 Å². The van der Waals surface area contributed by atoms with Crippen molar-refractivity contribution in [3.8, 4) is 11.8 Å². The number of hydroxylamine groups is 1. The summed E-state index contributed by atoms with van der Waals surface area (Å²) in [7, 11) is 1.54. The molecular weight excluding hydrogens is 455 g/mol. The Bertz CT molecular complexity index is 1030. The molecule has 1 fully saturated rings. The Labute approximate surface area is 196 Å². The average Bonchev–Trinajstić information content (AvgIpc) is 3.08. The van der Waals surface area contributed by atoms with E-state index in [9.17, 15) is 22.8 Å². The van der Waals surface area contributed by atoms with E-state index in [0.717, 1.165) is 11.5 Å². The van der Waals surface area contributed by atoms with Crippen LogP contribution in [0.25, 0.3) is 0 Å². The van der Waals surface area contributed by atoms with E-state index in [2.05, 4.69) is 16.8 Å². The molecule has 2 unspecified atom stereocenters.